The van der Waals surface area contributed by atoms with Crippen LogP contribution < -0.4 is 0 Å². The Morgan fingerprint density at radius 2 is 1.87 bits per heavy atom. The van der Waals surface area contributed by atoms with E-state index in [2.05, 4.69) is 4.74 Å². The van der Waals surface area contributed by atoms with Crippen LogP contribution in [0.25, 0.3) is 0 Å². The van der Waals surface area contributed by atoms with Gasteiger partial charge in [0.25, 0.3) is 0 Å². The van der Waals surface area contributed by atoms with E-state index in [0.29, 0.717) is 0 Å². The zero-order valence-corrected chi connectivity index (χ0v) is 9.42. The van der Waals surface area contributed by atoms with Crippen LogP contribution >= 0.6 is 0 Å². The van der Waals surface area contributed by atoms with Crippen molar-refractivity contribution in [1.82, 2.24) is 4.90 Å². The van der Waals surface area contributed by atoms with Gasteiger partial charge >= 0.3 is 11.9 Å². The highest BCUT2D eigenvalue weighted by Gasteiger charge is 2.51. The number of ether oxygens (including phenoxy) is 2. The Morgan fingerprint density at radius 3 is 2.20 bits per heavy atom. The lowest BCUT2D eigenvalue weighted by molar-refractivity contribution is -0.215. The summed E-state index contributed by atoms with van der Waals surface area (Å²) in [6.07, 6.45) is -1.60. The van der Waals surface area contributed by atoms with E-state index in [9.17, 15) is 13.6 Å². The molecule has 4 nitrogen and oxygen atoms in total. The van der Waals surface area contributed by atoms with Crippen LogP contribution in [0.4, 0.5) is 8.78 Å². The topological polar surface area (TPSA) is 38.8 Å². The molecule has 90 valence electrons. The van der Waals surface area contributed by atoms with Crippen molar-refractivity contribution in [2.45, 2.75) is 26.0 Å². The lowest BCUT2D eigenvalue weighted by atomic mass is 10.3. The fourth-order valence-electron chi connectivity index (χ4n) is 1.06. The second-order valence-corrected chi connectivity index (χ2v) is 3.11. The van der Waals surface area contributed by atoms with Crippen LogP contribution in [-0.4, -0.2) is 50.3 Å². The minimum Gasteiger partial charge on any atom is -0.461 e. The molecule has 15 heavy (non-hydrogen) atoms. The highest BCUT2D eigenvalue weighted by molar-refractivity contribution is 5.78. The van der Waals surface area contributed by atoms with Crippen molar-refractivity contribution in [2.24, 2.45) is 0 Å². The normalized spacial score (nSPS) is 14.1. The smallest absolute Gasteiger partial charge is 0.381 e. The molecule has 0 saturated heterocycles. The zero-order valence-electron chi connectivity index (χ0n) is 9.42. The fourth-order valence-corrected chi connectivity index (χ4v) is 1.06. The predicted molar refractivity (Wildman–Crippen MR) is 50.7 cm³/mol. The SMILES string of the molecule is CCOC(=O)C(F)(F)C(OCC)N(C)C. The van der Waals surface area contributed by atoms with Crippen LogP contribution in [0.15, 0.2) is 0 Å². The number of hydrogen-bond donors (Lipinski definition) is 0. The number of carbonyl (C=O) groups is 1. The molecule has 0 rings (SSSR count). The van der Waals surface area contributed by atoms with Gasteiger partial charge in [-0.1, -0.05) is 0 Å². The van der Waals surface area contributed by atoms with Crippen molar-refractivity contribution in [3.8, 4) is 0 Å². The molecule has 0 heterocycles. The number of hydrogen-bond acceptors (Lipinski definition) is 4. The van der Waals surface area contributed by atoms with Crippen molar-refractivity contribution in [2.75, 3.05) is 27.3 Å². The molecule has 0 N–H and O–H groups in total. The summed E-state index contributed by atoms with van der Waals surface area (Å²) in [5.41, 5.74) is 0. The second-order valence-electron chi connectivity index (χ2n) is 3.11. The van der Waals surface area contributed by atoms with Gasteiger partial charge in [0.2, 0.25) is 0 Å². The number of nitrogens with zero attached hydrogens (tertiary/aromatic N) is 1. The summed E-state index contributed by atoms with van der Waals surface area (Å²) < 4.78 is 36.0. The molecule has 0 aromatic rings. The highest BCUT2D eigenvalue weighted by Crippen LogP contribution is 2.24. The third kappa shape index (κ3) is 3.71. The first-order chi connectivity index (χ1) is 6.87. The van der Waals surface area contributed by atoms with E-state index in [-0.39, 0.29) is 13.2 Å². The summed E-state index contributed by atoms with van der Waals surface area (Å²) in [4.78, 5) is 12.1. The molecule has 0 aliphatic rings. The van der Waals surface area contributed by atoms with Crippen molar-refractivity contribution in [3.05, 3.63) is 0 Å². The summed E-state index contributed by atoms with van der Waals surface area (Å²) in [6, 6.07) is 0. The van der Waals surface area contributed by atoms with Gasteiger partial charge < -0.3 is 9.47 Å². The minimum atomic E-state index is -3.66. The lowest BCUT2D eigenvalue weighted by Crippen LogP contribution is -2.51. The van der Waals surface area contributed by atoms with Gasteiger partial charge in [0, 0.05) is 6.61 Å². The Bertz CT molecular complexity index is 210. The average Bonchev–Trinajstić information content (AvgIpc) is 2.13. The summed E-state index contributed by atoms with van der Waals surface area (Å²) >= 11 is 0. The quantitative estimate of drug-likeness (QED) is 0.501. The molecule has 0 saturated carbocycles. The van der Waals surface area contributed by atoms with E-state index in [1.54, 1.807) is 6.92 Å². The largest absolute Gasteiger partial charge is 0.461 e. The molecule has 0 fully saturated rings. The summed E-state index contributed by atoms with van der Waals surface area (Å²) in [5, 5.41) is 0. The van der Waals surface area contributed by atoms with Crippen molar-refractivity contribution in [3.63, 3.8) is 0 Å². The summed E-state index contributed by atoms with van der Waals surface area (Å²) in [5.74, 6) is -5.22. The maximum Gasteiger partial charge on any atom is 0.381 e. The Balaban J connectivity index is 4.68. The first-order valence-corrected chi connectivity index (χ1v) is 4.70. The molecule has 1 unspecified atom stereocenters. The van der Waals surface area contributed by atoms with Gasteiger partial charge in [0.05, 0.1) is 6.61 Å². The molecule has 6 heteroatoms. The number of alkyl halides is 2. The van der Waals surface area contributed by atoms with Gasteiger partial charge in [-0.05, 0) is 27.9 Å². The number of carbonyl (C=O) groups excluding carboxylic acids is 1. The maximum atomic E-state index is 13.5. The van der Waals surface area contributed by atoms with Crippen LogP contribution in [-0.2, 0) is 14.3 Å². The number of esters is 1. The van der Waals surface area contributed by atoms with E-state index < -0.39 is 18.1 Å². The van der Waals surface area contributed by atoms with Crippen LogP contribution in [0, 0.1) is 0 Å². The monoisotopic (exact) mass is 225 g/mol. The maximum absolute atomic E-state index is 13.5. The second kappa shape index (κ2) is 5.97. The molecule has 0 radical (unpaired) electrons. The Hall–Kier alpha value is -0.750. The standard InChI is InChI=1S/C9H17F2NO3/c1-5-14-7(12(3)4)9(10,11)8(13)15-6-2/h7H,5-6H2,1-4H3. The number of halogens is 2. The van der Waals surface area contributed by atoms with E-state index in [1.165, 1.54) is 21.0 Å². The van der Waals surface area contributed by atoms with Crippen LogP contribution in [0.3, 0.4) is 0 Å². The minimum absolute atomic E-state index is 0.0826. The molecule has 0 aromatic heterocycles. The predicted octanol–water partition coefficient (Wildman–Crippen LogP) is 1.11. The first kappa shape index (κ1) is 14.2. The average molecular weight is 225 g/mol. The molecule has 0 aliphatic heterocycles. The molecular formula is C9H17F2NO3. The number of rotatable bonds is 6. The van der Waals surface area contributed by atoms with Gasteiger partial charge in [-0.2, -0.15) is 8.78 Å². The summed E-state index contributed by atoms with van der Waals surface area (Å²) in [7, 11) is 2.82. The van der Waals surface area contributed by atoms with E-state index in [4.69, 9.17) is 4.74 Å². The fraction of sp³-hybridized carbons (Fsp3) is 0.889. The van der Waals surface area contributed by atoms with Gasteiger partial charge in [-0.25, -0.2) is 4.79 Å². The third-order valence-corrected chi connectivity index (χ3v) is 1.65. The molecule has 0 aromatic carbocycles. The van der Waals surface area contributed by atoms with E-state index >= 15 is 0 Å². The van der Waals surface area contributed by atoms with Gasteiger partial charge in [0.1, 0.15) is 0 Å². The molecule has 0 amide bonds. The van der Waals surface area contributed by atoms with E-state index in [1.807, 2.05) is 0 Å². The third-order valence-electron chi connectivity index (χ3n) is 1.65. The molecule has 0 aliphatic carbocycles. The zero-order chi connectivity index (χ0) is 12.1. The van der Waals surface area contributed by atoms with Crippen LogP contribution in [0.2, 0.25) is 0 Å². The van der Waals surface area contributed by atoms with Crippen molar-refractivity contribution in [1.29, 1.82) is 0 Å². The highest BCUT2D eigenvalue weighted by atomic mass is 19.3. The van der Waals surface area contributed by atoms with Crippen LogP contribution in [0.1, 0.15) is 13.8 Å². The van der Waals surface area contributed by atoms with Gasteiger partial charge in [0.15, 0.2) is 6.23 Å². The van der Waals surface area contributed by atoms with Crippen LogP contribution in [0.5, 0.6) is 0 Å². The van der Waals surface area contributed by atoms with Crippen molar-refractivity contribution >= 4 is 5.97 Å². The lowest BCUT2D eigenvalue weighted by Gasteiger charge is -2.29. The molecule has 0 spiro atoms. The molecular weight excluding hydrogens is 208 g/mol. The van der Waals surface area contributed by atoms with E-state index in [0.717, 1.165) is 4.90 Å². The Kier molecular flexibility index (Phi) is 5.67. The molecule has 0 bridgehead atoms. The first-order valence-electron chi connectivity index (χ1n) is 4.70. The van der Waals surface area contributed by atoms with Gasteiger partial charge in [-0.3, -0.25) is 4.90 Å². The Labute approximate surface area is 88.1 Å². The molecule has 1 atom stereocenters. The Morgan fingerprint density at radius 1 is 1.33 bits per heavy atom. The van der Waals surface area contributed by atoms with Gasteiger partial charge in [-0.15, -0.1) is 0 Å². The summed E-state index contributed by atoms with van der Waals surface area (Å²) in [6.45, 7) is 3.07. The van der Waals surface area contributed by atoms with Crippen molar-refractivity contribution < 1.29 is 23.0 Å².